The Morgan fingerprint density at radius 2 is 2.00 bits per heavy atom. The van der Waals surface area contributed by atoms with Gasteiger partial charge >= 0.3 is 0 Å². The van der Waals surface area contributed by atoms with E-state index in [2.05, 4.69) is 44.9 Å². The lowest BCUT2D eigenvalue weighted by Gasteiger charge is -2.22. The minimum Gasteiger partial charge on any atom is -0.314 e. The van der Waals surface area contributed by atoms with Crippen LogP contribution < -0.4 is 5.32 Å². The molecule has 1 aromatic rings. The first kappa shape index (κ1) is 14.7. The van der Waals surface area contributed by atoms with Gasteiger partial charge in [-0.1, -0.05) is 27.7 Å². The van der Waals surface area contributed by atoms with E-state index < -0.39 is 0 Å². The van der Waals surface area contributed by atoms with E-state index in [9.17, 15) is 0 Å². The number of hydrogen-bond acceptors (Lipinski definition) is 3. The van der Waals surface area contributed by atoms with Gasteiger partial charge in [-0.25, -0.2) is 4.98 Å². The summed E-state index contributed by atoms with van der Waals surface area (Å²) in [5, 5.41) is 3.56. The van der Waals surface area contributed by atoms with Crippen molar-refractivity contribution in [3.05, 3.63) is 16.1 Å². The van der Waals surface area contributed by atoms with E-state index in [-0.39, 0.29) is 0 Å². The fourth-order valence-corrected chi connectivity index (χ4v) is 2.74. The van der Waals surface area contributed by atoms with Crippen LogP contribution >= 0.6 is 11.3 Å². The molecular formula is C14H26N2S. The van der Waals surface area contributed by atoms with Crippen LogP contribution in [0.5, 0.6) is 0 Å². The molecule has 1 aromatic heterocycles. The molecule has 17 heavy (non-hydrogen) atoms. The summed E-state index contributed by atoms with van der Waals surface area (Å²) in [6.45, 7) is 12.3. The molecule has 0 saturated carbocycles. The van der Waals surface area contributed by atoms with Crippen LogP contribution in [-0.4, -0.2) is 17.6 Å². The Balaban J connectivity index is 2.42. The molecule has 0 bridgehead atoms. The van der Waals surface area contributed by atoms with Crippen molar-refractivity contribution in [2.45, 2.75) is 53.5 Å². The number of nitrogens with one attached hydrogen (secondary N) is 1. The first-order valence-corrected chi connectivity index (χ1v) is 7.51. The maximum Gasteiger partial charge on any atom is 0.0797 e. The number of thiazole rings is 1. The lowest BCUT2D eigenvalue weighted by atomic mass is 9.90. The molecule has 0 spiro atoms. The molecule has 0 radical (unpaired) electrons. The zero-order chi connectivity index (χ0) is 12.8. The van der Waals surface area contributed by atoms with E-state index in [1.165, 1.54) is 23.4 Å². The van der Waals surface area contributed by atoms with Crippen LogP contribution in [0.3, 0.4) is 0 Å². The highest BCUT2D eigenvalue weighted by molar-refractivity contribution is 7.09. The van der Waals surface area contributed by atoms with E-state index in [0.29, 0.717) is 6.04 Å². The van der Waals surface area contributed by atoms with Crippen molar-refractivity contribution in [3.63, 3.8) is 0 Å². The molecule has 1 rings (SSSR count). The third kappa shape index (κ3) is 5.17. The van der Waals surface area contributed by atoms with Crippen LogP contribution in [0.25, 0.3) is 0 Å². The highest BCUT2D eigenvalue weighted by atomic mass is 32.1. The summed E-state index contributed by atoms with van der Waals surface area (Å²) < 4.78 is 0. The maximum atomic E-state index is 4.32. The van der Waals surface area contributed by atoms with Crippen LogP contribution in [-0.2, 0) is 6.42 Å². The Labute approximate surface area is 110 Å². The SMILES string of the molecule is Cc1ncsc1CCC(CNC(C)C)C(C)C. The van der Waals surface area contributed by atoms with Gasteiger partial charge in [0.15, 0.2) is 0 Å². The minimum absolute atomic E-state index is 0.585. The fraction of sp³-hybridized carbons (Fsp3) is 0.786. The molecule has 0 aromatic carbocycles. The molecule has 2 nitrogen and oxygen atoms in total. The summed E-state index contributed by atoms with van der Waals surface area (Å²) in [7, 11) is 0. The predicted molar refractivity (Wildman–Crippen MR) is 76.6 cm³/mol. The van der Waals surface area contributed by atoms with Crippen molar-refractivity contribution in [3.8, 4) is 0 Å². The average Bonchev–Trinajstić information content (AvgIpc) is 2.63. The van der Waals surface area contributed by atoms with Gasteiger partial charge in [-0.2, -0.15) is 0 Å². The molecule has 1 N–H and O–H groups in total. The maximum absolute atomic E-state index is 4.32. The number of aryl methyl sites for hydroxylation is 2. The lowest BCUT2D eigenvalue weighted by molar-refractivity contribution is 0.331. The molecule has 0 amide bonds. The van der Waals surface area contributed by atoms with Gasteiger partial charge in [-0.15, -0.1) is 11.3 Å². The molecule has 0 aliphatic heterocycles. The summed E-state index contributed by atoms with van der Waals surface area (Å²) >= 11 is 1.80. The van der Waals surface area contributed by atoms with Gasteiger partial charge in [0, 0.05) is 10.9 Å². The van der Waals surface area contributed by atoms with Crippen LogP contribution in [0.15, 0.2) is 5.51 Å². The van der Waals surface area contributed by atoms with E-state index in [4.69, 9.17) is 0 Å². The van der Waals surface area contributed by atoms with E-state index in [0.717, 1.165) is 18.4 Å². The van der Waals surface area contributed by atoms with Crippen molar-refractivity contribution in [2.24, 2.45) is 11.8 Å². The van der Waals surface area contributed by atoms with Crippen molar-refractivity contribution in [1.29, 1.82) is 0 Å². The standard InChI is InChI=1S/C14H26N2S/c1-10(2)13(8-15-11(3)4)6-7-14-12(5)16-9-17-14/h9-11,13,15H,6-8H2,1-5H3. The zero-order valence-electron chi connectivity index (χ0n) is 11.8. The molecule has 0 aliphatic carbocycles. The third-order valence-corrected chi connectivity index (χ3v) is 4.31. The summed E-state index contributed by atoms with van der Waals surface area (Å²) in [5.41, 5.74) is 3.18. The topological polar surface area (TPSA) is 24.9 Å². The summed E-state index contributed by atoms with van der Waals surface area (Å²) in [6.07, 6.45) is 2.44. The van der Waals surface area contributed by atoms with Gasteiger partial charge in [0.2, 0.25) is 0 Å². The average molecular weight is 254 g/mol. The normalized spacial score (nSPS) is 13.6. The quantitative estimate of drug-likeness (QED) is 0.803. The molecular weight excluding hydrogens is 228 g/mol. The monoisotopic (exact) mass is 254 g/mol. The Morgan fingerprint density at radius 3 is 2.47 bits per heavy atom. The molecule has 98 valence electrons. The third-order valence-electron chi connectivity index (χ3n) is 3.32. The van der Waals surface area contributed by atoms with Crippen molar-refractivity contribution in [2.75, 3.05) is 6.54 Å². The highest BCUT2D eigenvalue weighted by Crippen LogP contribution is 2.21. The van der Waals surface area contributed by atoms with Gasteiger partial charge in [0.05, 0.1) is 11.2 Å². The molecule has 0 aliphatic rings. The van der Waals surface area contributed by atoms with Crippen LogP contribution in [0.2, 0.25) is 0 Å². The summed E-state index contributed by atoms with van der Waals surface area (Å²) in [5.74, 6) is 1.51. The Bertz CT molecular complexity index is 318. The van der Waals surface area contributed by atoms with Gasteiger partial charge < -0.3 is 5.32 Å². The highest BCUT2D eigenvalue weighted by Gasteiger charge is 2.14. The largest absolute Gasteiger partial charge is 0.314 e. The van der Waals surface area contributed by atoms with Crippen molar-refractivity contribution >= 4 is 11.3 Å². The first-order chi connectivity index (χ1) is 8.00. The molecule has 1 heterocycles. The van der Waals surface area contributed by atoms with Gasteiger partial charge in [0.1, 0.15) is 0 Å². The predicted octanol–water partition coefficient (Wildman–Crippen LogP) is 3.65. The van der Waals surface area contributed by atoms with Crippen LogP contribution in [0.4, 0.5) is 0 Å². The molecule has 0 fully saturated rings. The summed E-state index contributed by atoms with van der Waals surface area (Å²) in [6, 6.07) is 0.585. The van der Waals surface area contributed by atoms with Crippen molar-refractivity contribution < 1.29 is 0 Å². The number of rotatable bonds is 7. The zero-order valence-corrected chi connectivity index (χ0v) is 12.6. The molecule has 3 heteroatoms. The summed E-state index contributed by atoms with van der Waals surface area (Å²) in [4.78, 5) is 5.78. The van der Waals surface area contributed by atoms with Gasteiger partial charge in [-0.3, -0.25) is 0 Å². The fourth-order valence-electron chi connectivity index (χ4n) is 1.94. The lowest BCUT2D eigenvalue weighted by Crippen LogP contribution is -2.31. The van der Waals surface area contributed by atoms with Crippen LogP contribution in [0.1, 0.15) is 44.7 Å². The molecule has 0 saturated heterocycles. The van der Waals surface area contributed by atoms with Crippen molar-refractivity contribution in [1.82, 2.24) is 10.3 Å². The molecule has 1 unspecified atom stereocenters. The smallest absolute Gasteiger partial charge is 0.0797 e. The van der Waals surface area contributed by atoms with Gasteiger partial charge in [-0.05, 0) is 38.1 Å². The van der Waals surface area contributed by atoms with Gasteiger partial charge in [0.25, 0.3) is 0 Å². The minimum atomic E-state index is 0.585. The first-order valence-electron chi connectivity index (χ1n) is 6.63. The van der Waals surface area contributed by atoms with E-state index in [1.54, 1.807) is 11.3 Å². The second kappa shape index (κ2) is 7.12. The number of hydrogen-bond donors (Lipinski definition) is 1. The second-order valence-electron chi connectivity index (χ2n) is 5.47. The second-order valence-corrected chi connectivity index (χ2v) is 6.41. The van der Waals surface area contributed by atoms with E-state index >= 15 is 0 Å². The van der Waals surface area contributed by atoms with Crippen LogP contribution in [0, 0.1) is 18.8 Å². The van der Waals surface area contributed by atoms with E-state index in [1.807, 2.05) is 5.51 Å². The molecule has 1 atom stereocenters. The number of aromatic nitrogens is 1. The Hall–Kier alpha value is -0.410. The Morgan fingerprint density at radius 1 is 1.29 bits per heavy atom. The Kier molecular flexibility index (Phi) is 6.14. The number of nitrogens with zero attached hydrogens (tertiary/aromatic N) is 1.